The van der Waals surface area contributed by atoms with Gasteiger partial charge in [-0.3, -0.25) is 0 Å². The second-order valence-electron chi connectivity index (χ2n) is 14.5. The van der Waals surface area contributed by atoms with Gasteiger partial charge in [-0.05, 0) is 115 Å². The van der Waals surface area contributed by atoms with E-state index in [0.29, 0.717) is 0 Å². The van der Waals surface area contributed by atoms with Gasteiger partial charge in [0.25, 0.3) is 0 Å². The Labute approximate surface area is 326 Å². The molecule has 11 rings (SSSR count). The first-order chi connectivity index (χ1) is 27.8. The molecule has 10 aromatic rings. The molecule has 0 bridgehead atoms. The number of hydrogen-bond acceptors (Lipinski definition) is 2. The highest BCUT2D eigenvalue weighted by Crippen LogP contribution is 2.51. The van der Waals surface area contributed by atoms with E-state index in [1.807, 2.05) is 0 Å². The van der Waals surface area contributed by atoms with E-state index in [1.54, 1.807) is 0 Å². The Balaban J connectivity index is 1.07. The first kappa shape index (κ1) is 32.0. The zero-order chi connectivity index (χ0) is 37.0. The molecule has 2 heteroatoms. The summed E-state index contributed by atoms with van der Waals surface area (Å²) in [6, 6.07) is 76.4. The third kappa shape index (κ3) is 5.34. The van der Waals surface area contributed by atoms with E-state index in [4.69, 9.17) is 4.74 Å². The third-order valence-electron chi connectivity index (χ3n) is 11.3. The van der Waals surface area contributed by atoms with Crippen molar-refractivity contribution in [3.05, 3.63) is 212 Å². The Kier molecular flexibility index (Phi) is 7.53. The lowest BCUT2D eigenvalue weighted by atomic mass is 9.92. The quantitative estimate of drug-likeness (QED) is 0.165. The van der Waals surface area contributed by atoms with Crippen LogP contribution in [0.5, 0.6) is 11.5 Å². The van der Waals surface area contributed by atoms with Crippen molar-refractivity contribution in [3.63, 3.8) is 0 Å². The molecule has 56 heavy (non-hydrogen) atoms. The van der Waals surface area contributed by atoms with Crippen LogP contribution >= 0.6 is 0 Å². The van der Waals surface area contributed by atoms with Gasteiger partial charge in [-0.2, -0.15) is 0 Å². The van der Waals surface area contributed by atoms with Crippen molar-refractivity contribution in [1.29, 1.82) is 0 Å². The normalized spacial score (nSPS) is 11.7. The first-order valence-corrected chi connectivity index (χ1v) is 19.2. The number of fused-ring (bicyclic) bond motifs is 10. The van der Waals surface area contributed by atoms with Gasteiger partial charge in [-0.15, -0.1) is 0 Å². The van der Waals surface area contributed by atoms with Crippen LogP contribution in [0.1, 0.15) is 0 Å². The first-order valence-electron chi connectivity index (χ1n) is 19.2. The average Bonchev–Trinajstić information content (AvgIpc) is 3.42. The van der Waals surface area contributed by atoms with E-state index in [9.17, 15) is 0 Å². The molecule has 0 saturated carbocycles. The van der Waals surface area contributed by atoms with Crippen LogP contribution < -0.4 is 9.64 Å². The van der Waals surface area contributed by atoms with Crippen LogP contribution in [0.4, 0.5) is 17.1 Å². The highest BCUT2D eigenvalue weighted by atomic mass is 16.5. The number of ether oxygens (including phenoxy) is 1. The van der Waals surface area contributed by atoms with Gasteiger partial charge < -0.3 is 9.64 Å². The maximum atomic E-state index is 6.92. The lowest BCUT2D eigenvalue weighted by molar-refractivity contribution is 0.493. The van der Waals surface area contributed by atoms with Crippen LogP contribution in [0.15, 0.2) is 212 Å². The molecule has 0 radical (unpaired) electrons. The number of benzene rings is 10. The van der Waals surface area contributed by atoms with Crippen molar-refractivity contribution in [2.75, 3.05) is 4.90 Å². The summed E-state index contributed by atoms with van der Waals surface area (Å²) in [5.74, 6) is 1.74. The zero-order valence-electron chi connectivity index (χ0n) is 30.6. The summed E-state index contributed by atoms with van der Waals surface area (Å²) in [7, 11) is 0. The molecule has 0 saturated heterocycles. The molecule has 0 fully saturated rings. The Morgan fingerprint density at radius 1 is 0.286 bits per heavy atom. The maximum Gasteiger partial charge on any atom is 0.143 e. The molecule has 1 heterocycles. The van der Waals surface area contributed by atoms with Gasteiger partial charge in [0.05, 0.1) is 0 Å². The summed E-state index contributed by atoms with van der Waals surface area (Å²) in [5.41, 5.74) is 12.5. The Hall–Kier alpha value is -7.42. The van der Waals surface area contributed by atoms with E-state index >= 15 is 0 Å². The van der Waals surface area contributed by atoms with Gasteiger partial charge in [0.2, 0.25) is 0 Å². The summed E-state index contributed by atoms with van der Waals surface area (Å²) in [6.07, 6.45) is 0. The minimum absolute atomic E-state index is 0.842. The second kappa shape index (κ2) is 13.2. The summed E-state index contributed by atoms with van der Waals surface area (Å²) in [5, 5.41) is 7.31. The third-order valence-corrected chi connectivity index (χ3v) is 11.3. The molecular formula is C54H35NO. The number of rotatable bonds is 5. The average molecular weight is 714 g/mol. The molecule has 0 aromatic heterocycles. The van der Waals surface area contributed by atoms with Gasteiger partial charge in [-0.1, -0.05) is 158 Å². The fourth-order valence-electron chi connectivity index (χ4n) is 8.55. The van der Waals surface area contributed by atoms with Gasteiger partial charge in [0, 0.05) is 33.6 Å². The molecule has 0 spiro atoms. The summed E-state index contributed by atoms with van der Waals surface area (Å²) >= 11 is 0. The molecule has 10 aromatic carbocycles. The standard InChI is InChI=1S/C54H35NO/c1-2-12-36(13-3-1)37-22-27-41(28-23-37)55(42-29-24-39(25-30-42)51-34-40-15-5-6-16-44(40)46-18-8-10-20-48(46)51)43-31-33-53-52(35-43)49-21-11-9-19-47(49)50-32-26-38-14-4-7-17-45(38)54(50)56-53/h1-35H. The largest absolute Gasteiger partial charge is 0.455 e. The lowest BCUT2D eigenvalue weighted by Crippen LogP contribution is -2.10. The lowest BCUT2D eigenvalue weighted by Gasteiger charge is -2.27. The van der Waals surface area contributed by atoms with Gasteiger partial charge >= 0.3 is 0 Å². The Morgan fingerprint density at radius 3 is 1.59 bits per heavy atom. The van der Waals surface area contributed by atoms with Crippen LogP contribution in [-0.2, 0) is 0 Å². The molecule has 0 unspecified atom stereocenters. The van der Waals surface area contributed by atoms with Crippen molar-refractivity contribution in [1.82, 2.24) is 0 Å². The van der Waals surface area contributed by atoms with Crippen LogP contribution in [0.25, 0.3) is 76.8 Å². The van der Waals surface area contributed by atoms with E-state index in [-0.39, 0.29) is 0 Å². The van der Waals surface area contributed by atoms with Crippen LogP contribution in [0.3, 0.4) is 0 Å². The maximum absolute atomic E-state index is 6.92. The van der Waals surface area contributed by atoms with Crippen molar-refractivity contribution >= 4 is 49.4 Å². The fourth-order valence-corrected chi connectivity index (χ4v) is 8.55. The minimum atomic E-state index is 0.842. The molecule has 1 aliphatic heterocycles. The monoisotopic (exact) mass is 713 g/mol. The molecule has 0 aliphatic carbocycles. The van der Waals surface area contributed by atoms with Crippen molar-refractivity contribution < 1.29 is 4.74 Å². The molecular weight excluding hydrogens is 679 g/mol. The predicted molar refractivity (Wildman–Crippen MR) is 235 cm³/mol. The predicted octanol–water partition coefficient (Wildman–Crippen LogP) is 15.4. The second-order valence-corrected chi connectivity index (χ2v) is 14.5. The topological polar surface area (TPSA) is 12.5 Å². The van der Waals surface area contributed by atoms with Crippen molar-refractivity contribution in [2.24, 2.45) is 0 Å². The molecule has 2 nitrogen and oxygen atoms in total. The summed E-state index contributed by atoms with van der Waals surface area (Å²) in [4.78, 5) is 2.35. The smallest absolute Gasteiger partial charge is 0.143 e. The van der Waals surface area contributed by atoms with Gasteiger partial charge in [0.1, 0.15) is 11.5 Å². The van der Waals surface area contributed by atoms with Crippen LogP contribution in [-0.4, -0.2) is 0 Å². The molecule has 262 valence electrons. The fraction of sp³-hybridized carbons (Fsp3) is 0. The van der Waals surface area contributed by atoms with Crippen LogP contribution in [0.2, 0.25) is 0 Å². The minimum Gasteiger partial charge on any atom is -0.455 e. The number of anilines is 3. The summed E-state index contributed by atoms with van der Waals surface area (Å²) in [6.45, 7) is 0. The van der Waals surface area contributed by atoms with Gasteiger partial charge in [-0.25, -0.2) is 0 Å². The Morgan fingerprint density at radius 2 is 0.839 bits per heavy atom. The van der Waals surface area contributed by atoms with E-state index < -0.39 is 0 Å². The van der Waals surface area contributed by atoms with Crippen molar-refractivity contribution in [3.8, 4) is 56.0 Å². The van der Waals surface area contributed by atoms with E-state index in [0.717, 1.165) is 61.6 Å². The SMILES string of the molecule is c1ccc(-c2ccc(N(c3ccc(-c4cc5ccccc5c5ccccc45)cc3)c3ccc4c(c3)-c3ccccc3-c3ccc5ccccc5c3O4)cc2)cc1. The summed E-state index contributed by atoms with van der Waals surface area (Å²) < 4.78 is 6.92. The zero-order valence-corrected chi connectivity index (χ0v) is 30.6. The molecule has 1 aliphatic rings. The molecule has 0 amide bonds. The van der Waals surface area contributed by atoms with Gasteiger partial charge in [0.15, 0.2) is 0 Å². The molecule has 0 N–H and O–H groups in total. The Bertz CT molecular complexity index is 3090. The van der Waals surface area contributed by atoms with Crippen molar-refractivity contribution in [2.45, 2.75) is 0 Å². The van der Waals surface area contributed by atoms with E-state index in [1.165, 1.54) is 43.8 Å². The number of hydrogen-bond donors (Lipinski definition) is 0. The van der Waals surface area contributed by atoms with Crippen LogP contribution in [0, 0.1) is 0 Å². The molecule has 0 atom stereocenters. The highest BCUT2D eigenvalue weighted by molar-refractivity contribution is 6.13. The van der Waals surface area contributed by atoms with E-state index in [2.05, 4.69) is 217 Å². The highest BCUT2D eigenvalue weighted by Gasteiger charge is 2.24. The number of nitrogens with zero attached hydrogens (tertiary/aromatic N) is 1.